The van der Waals surface area contributed by atoms with Crippen LogP contribution in [0.25, 0.3) is 0 Å². The van der Waals surface area contributed by atoms with Crippen molar-refractivity contribution in [3.8, 4) is 0 Å². The monoisotopic (exact) mass is 331 g/mol. The highest BCUT2D eigenvalue weighted by molar-refractivity contribution is 5.18. The van der Waals surface area contributed by atoms with Gasteiger partial charge < -0.3 is 5.32 Å². The summed E-state index contributed by atoms with van der Waals surface area (Å²) in [6.07, 6.45) is 5.01. The molecule has 5 heteroatoms. The van der Waals surface area contributed by atoms with Crippen molar-refractivity contribution in [1.82, 2.24) is 15.2 Å². The third-order valence-corrected chi connectivity index (χ3v) is 4.46. The fourth-order valence-electron chi connectivity index (χ4n) is 3.32. The molecule has 1 aromatic carbocycles. The van der Waals surface area contributed by atoms with E-state index in [9.17, 15) is 8.78 Å². The van der Waals surface area contributed by atoms with Crippen molar-refractivity contribution in [1.29, 1.82) is 0 Å². The van der Waals surface area contributed by atoms with Gasteiger partial charge in [0.1, 0.15) is 11.6 Å². The highest BCUT2D eigenvalue weighted by Gasteiger charge is 2.21. The number of halogens is 2. The summed E-state index contributed by atoms with van der Waals surface area (Å²) in [6, 6.07) is 10.00. The van der Waals surface area contributed by atoms with E-state index in [-0.39, 0.29) is 0 Å². The van der Waals surface area contributed by atoms with E-state index in [1.165, 1.54) is 12.1 Å². The summed E-state index contributed by atoms with van der Waals surface area (Å²) in [7, 11) is 0. The molecule has 0 spiro atoms. The van der Waals surface area contributed by atoms with E-state index in [2.05, 4.69) is 15.2 Å². The predicted octanol–water partition coefficient (Wildman–Crippen LogP) is 3.50. The van der Waals surface area contributed by atoms with Gasteiger partial charge in [-0.1, -0.05) is 6.07 Å². The lowest BCUT2D eigenvalue weighted by molar-refractivity contribution is 0.162. The summed E-state index contributed by atoms with van der Waals surface area (Å²) >= 11 is 0. The number of rotatable bonds is 5. The largest absolute Gasteiger partial charge is 0.317 e. The smallest absolute Gasteiger partial charge is 0.126 e. The molecule has 0 aliphatic carbocycles. The summed E-state index contributed by atoms with van der Waals surface area (Å²) < 4.78 is 27.1. The first kappa shape index (κ1) is 17.0. The summed E-state index contributed by atoms with van der Waals surface area (Å²) in [6.45, 7) is 3.21. The van der Waals surface area contributed by atoms with Crippen LogP contribution in [0.5, 0.6) is 0 Å². The lowest BCUT2D eigenvalue weighted by Gasteiger charge is -2.31. The maximum absolute atomic E-state index is 13.5. The van der Waals surface area contributed by atoms with Gasteiger partial charge in [-0.25, -0.2) is 8.78 Å². The summed E-state index contributed by atoms with van der Waals surface area (Å²) in [5, 5.41) is 3.42. The number of benzene rings is 1. The minimum atomic E-state index is -0.523. The molecule has 1 aliphatic heterocycles. The van der Waals surface area contributed by atoms with E-state index in [0.29, 0.717) is 24.7 Å². The van der Waals surface area contributed by atoms with Crippen LogP contribution in [-0.4, -0.2) is 29.0 Å². The van der Waals surface area contributed by atoms with Crippen LogP contribution >= 0.6 is 0 Å². The minimum Gasteiger partial charge on any atom is -0.317 e. The molecule has 3 nitrogen and oxygen atoms in total. The van der Waals surface area contributed by atoms with Gasteiger partial charge in [0.05, 0.1) is 5.69 Å². The molecule has 0 bridgehead atoms. The molecule has 1 aliphatic rings. The van der Waals surface area contributed by atoms with Gasteiger partial charge in [-0.15, -0.1) is 0 Å². The van der Waals surface area contributed by atoms with Crippen LogP contribution in [0.1, 0.15) is 30.5 Å². The number of nitrogens with zero attached hydrogens (tertiary/aromatic N) is 2. The van der Waals surface area contributed by atoms with E-state index in [1.54, 1.807) is 6.20 Å². The summed E-state index contributed by atoms with van der Waals surface area (Å²) in [5.41, 5.74) is 1.65. The van der Waals surface area contributed by atoms with Crippen LogP contribution in [0.15, 0.2) is 42.6 Å². The zero-order valence-corrected chi connectivity index (χ0v) is 13.7. The molecule has 128 valence electrons. The summed E-state index contributed by atoms with van der Waals surface area (Å²) in [5.74, 6) is -1.05. The zero-order valence-electron chi connectivity index (χ0n) is 13.7. The molecule has 1 fully saturated rings. The van der Waals surface area contributed by atoms with E-state index < -0.39 is 11.6 Å². The third kappa shape index (κ3) is 4.82. The average molecular weight is 331 g/mol. The molecule has 0 radical (unpaired) electrons. The van der Waals surface area contributed by atoms with Crippen LogP contribution in [0.3, 0.4) is 0 Å². The molecule has 0 amide bonds. The predicted molar refractivity (Wildman–Crippen MR) is 90.4 cm³/mol. The lowest BCUT2D eigenvalue weighted by Crippen LogP contribution is -2.35. The van der Waals surface area contributed by atoms with Crippen molar-refractivity contribution in [3.05, 3.63) is 65.5 Å². The highest BCUT2D eigenvalue weighted by Crippen LogP contribution is 2.20. The molecule has 0 saturated carbocycles. The van der Waals surface area contributed by atoms with Crippen LogP contribution in [0.2, 0.25) is 0 Å². The number of aromatic nitrogens is 1. The Kier molecular flexibility index (Phi) is 5.88. The van der Waals surface area contributed by atoms with Crippen LogP contribution < -0.4 is 5.32 Å². The molecule has 1 N–H and O–H groups in total. The van der Waals surface area contributed by atoms with Crippen molar-refractivity contribution in [2.75, 3.05) is 13.1 Å². The zero-order chi connectivity index (χ0) is 16.8. The van der Waals surface area contributed by atoms with Gasteiger partial charge in [0.2, 0.25) is 0 Å². The molecule has 1 aromatic heterocycles. The molecule has 1 saturated heterocycles. The number of hydrogen-bond donors (Lipinski definition) is 1. The van der Waals surface area contributed by atoms with E-state index in [4.69, 9.17) is 0 Å². The Hall–Kier alpha value is -1.85. The molecular formula is C19H23F2N3. The Morgan fingerprint density at radius 2 is 1.88 bits per heavy atom. The van der Waals surface area contributed by atoms with Crippen molar-refractivity contribution in [2.24, 2.45) is 0 Å². The first-order chi connectivity index (χ1) is 11.7. The number of hydrogen-bond acceptors (Lipinski definition) is 3. The van der Waals surface area contributed by atoms with Gasteiger partial charge >= 0.3 is 0 Å². The maximum atomic E-state index is 13.5. The Balaban J connectivity index is 1.80. The molecule has 2 heterocycles. The number of pyridine rings is 1. The Labute approximate surface area is 141 Å². The summed E-state index contributed by atoms with van der Waals surface area (Å²) in [4.78, 5) is 6.70. The topological polar surface area (TPSA) is 28.2 Å². The van der Waals surface area contributed by atoms with Gasteiger partial charge in [-0.3, -0.25) is 9.88 Å². The SMILES string of the molecule is Fc1cc(F)cc(CN(Cc2ccccn2)[C@@H]2CCCNCC2)c1. The van der Waals surface area contributed by atoms with Crippen LogP contribution in [-0.2, 0) is 13.1 Å². The Morgan fingerprint density at radius 3 is 2.62 bits per heavy atom. The van der Waals surface area contributed by atoms with Crippen LogP contribution in [0, 0.1) is 11.6 Å². The van der Waals surface area contributed by atoms with Gasteiger partial charge in [-0.2, -0.15) is 0 Å². The van der Waals surface area contributed by atoms with Crippen molar-refractivity contribution in [3.63, 3.8) is 0 Å². The molecule has 24 heavy (non-hydrogen) atoms. The third-order valence-electron chi connectivity index (χ3n) is 4.46. The van der Waals surface area contributed by atoms with Gasteiger partial charge in [0.25, 0.3) is 0 Å². The second-order valence-corrected chi connectivity index (χ2v) is 6.34. The minimum absolute atomic E-state index is 0.383. The maximum Gasteiger partial charge on any atom is 0.126 e. The molecule has 0 unspecified atom stereocenters. The number of nitrogens with one attached hydrogen (secondary N) is 1. The Bertz CT molecular complexity index is 620. The standard InChI is InChI=1S/C19H23F2N3/c20-16-10-15(11-17(21)12-16)13-24(14-18-4-1-2-8-23-18)19-5-3-7-22-9-6-19/h1-2,4,8,10-12,19,22H,3,5-7,9,13-14H2/t19-/m1/s1. The quantitative estimate of drug-likeness (QED) is 0.909. The second kappa shape index (κ2) is 8.31. The lowest BCUT2D eigenvalue weighted by atomic mass is 10.1. The van der Waals surface area contributed by atoms with Crippen molar-refractivity contribution < 1.29 is 8.78 Å². The molecular weight excluding hydrogens is 308 g/mol. The average Bonchev–Trinajstić information content (AvgIpc) is 2.83. The van der Waals surface area contributed by atoms with Gasteiger partial charge in [-0.05, 0) is 62.2 Å². The highest BCUT2D eigenvalue weighted by atomic mass is 19.1. The fourth-order valence-corrected chi connectivity index (χ4v) is 3.32. The van der Waals surface area contributed by atoms with Crippen LogP contribution in [0.4, 0.5) is 8.78 Å². The van der Waals surface area contributed by atoms with E-state index in [0.717, 1.165) is 44.1 Å². The van der Waals surface area contributed by atoms with E-state index in [1.807, 2.05) is 18.2 Å². The molecule has 2 aromatic rings. The Morgan fingerprint density at radius 1 is 1.04 bits per heavy atom. The van der Waals surface area contributed by atoms with Gasteiger partial charge in [0.15, 0.2) is 0 Å². The molecule has 3 rings (SSSR count). The normalized spacial score (nSPS) is 18.5. The fraction of sp³-hybridized carbons (Fsp3) is 0.421. The van der Waals surface area contributed by atoms with E-state index >= 15 is 0 Å². The first-order valence-electron chi connectivity index (χ1n) is 8.50. The van der Waals surface area contributed by atoms with Crippen molar-refractivity contribution in [2.45, 2.75) is 38.4 Å². The van der Waals surface area contributed by atoms with Crippen molar-refractivity contribution >= 4 is 0 Å². The first-order valence-corrected chi connectivity index (χ1v) is 8.50. The molecule has 1 atom stereocenters. The second-order valence-electron chi connectivity index (χ2n) is 6.34. The van der Waals surface area contributed by atoms with Gasteiger partial charge in [0, 0.05) is 31.4 Å².